The number of amides is 4. The molecule has 294 valence electrons. The van der Waals surface area contributed by atoms with Crippen LogP contribution in [-0.2, 0) is 43.3 Å². The molecule has 0 radical (unpaired) electrons. The summed E-state index contributed by atoms with van der Waals surface area (Å²) >= 11 is 0. The summed E-state index contributed by atoms with van der Waals surface area (Å²) in [6.45, 7) is 8.98. The Labute approximate surface area is 324 Å². The van der Waals surface area contributed by atoms with E-state index in [1.165, 1.54) is 0 Å². The maximum absolute atomic E-state index is 14.4. The van der Waals surface area contributed by atoms with Crippen LogP contribution in [0.4, 0.5) is 4.79 Å². The molecule has 2 aliphatic heterocycles. The van der Waals surface area contributed by atoms with Crippen molar-refractivity contribution in [2.75, 3.05) is 19.7 Å². The van der Waals surface area contributed by atoms with Gasteiger partial charge in [0.1, 0.15) is 17.4 Å². The van der Waals surface area contributed by atoms with Crippen LogP contribution in [-0.4, -0.2) is 71.9 Å². The van der Waals surface area contributed by atoms with E-state index in [0.717, 1.165) is 41.5 Å². The highest BCUT2D eigenvalue weighted by Crippen LogP contribution is 2.25. The lowest BCUT2D eigenvalue weighted by molar-refractivity contribution is -0.140. The summed E-state index contributed by atoms with van der Waals surface area (Å²) in [4.78, 5) is 71.2. The molecule has 4 bridgehead atoms. The van der Waals surface area contributed by atoms with Gasteiger partial charge < -0.3 is 30.3 Å². The number of Topliss-reactive ketones (excluding diaryl/α,β-unsaturated/α-hetero) is 1. The summed E-state index contributed by atoms with van der Waals surface area (Å²) in [5, 5.41) is 8.68. The minimum absolute atomic E-state index is 0.166. The van der Waals surface area contributed by atoms with E-state index in [9.17, 15) is 24.0 Å². The fourth-order valence-electron chi connectivity index (χ4n) is 7.15. The average Bonchev–Trinajstić information content (AvgIpc) is 3.15. The minimum Gasteiger partial charge on any atom is -0.494 e. The molecule has 0 spiro atoms. The summed E-state index contributed by atoms with van der Waals surface area (Å²) in [7, 11) is 0. The van der Waals surface area contributed by atoms with Gasteiger partial charge in [0, 0.05) is 32.5 Å². The van der Waals surface area contributed by atoms with Crippen molar-refractivity contribution >= 4 is 29.6 Å². The van der Waals surface area contributed by atoms with Crippen molar-refractivity contribution in [3.05, 3.63) is 101 Å². The first kappa shape index (κ1) is 41.0. The molecule has 3 aromatic rings. The SMILES string of the molecule is Cc1ccc2cc1CNC(=O)[C@H](CCc1ccccc1)NC(=O)[C@@H](CC(=O)[C@H](Cc1ccccc1)NC(=O)OC(C)(C)C)CC(=O)N1CCCC(CCO2)C1. The molecule has 0 aliphatic carbocycles. The lowest BCUT2D eigenvalue weighted by Crippen LogP contribution is -2.51. The Morgan fingerprint density at radius 2 is 1.65 bits per heavy atom. The van der Waals surface area contributed by atoms with Gasteiger partial charge in [-0.05, 0) is 107 Å². The number of benzene rings is 3. The predicted molar refractivity (Wildman–Crippen MR) is 210 cm³/mol. The lowest BCUT2D eigenvalue weighted by atomic mass is 9.90. The quantitative estimate of drug-likeness (QED) is 0.249. The zero-order valence-electron chi connectivity index (χ0n) is 32.6. The molecule has 4 atom stereocenters. The molecule has 1 fully saturated rings. The van der Waals surface area contributed by atoms with Gasteiger partial charge in [-0.2, -0.15) is 0 Å². The maximum Gasteiger partial charge on any atom is 0.408 e. The largest absolute Gasteiger partial charge is 0.494 e. The molecule has 3 aromatic carbocycles. The third-order valence-electron chi connectivity index (χ3n) is 10.2. The molecule has 1 unspecified atom stereocenters. The number of rotatable bonds is 9. The van der Waals surface area contributed by atoms with Crippen LogP contribution in [0.2, 0.25) is 0 Å². The highest BCUT2D eigenvalue weighted by atomic mass is 16.6. The van der Waals surface area contributed by atoms with Gasteiger partial charge in [0.25, 0.3) is 0 Å². The summed E-state index contributed by atoms with van der Waals surface area (Å²) in [5.41, 5.74) is 2.91. The molecule has 11 heteroatoms. The van der Waals surface area contributed by atoms with Crippen LogP contribution in [0, 0.1) is 18.8 Å². The van der Waals surface area contributed by atoms with E-state index < -0.39 is 41.4 Å². The summed E-state index contributed by atoms with van der Waals surface area (Å²) in [5.74, 6) is -1.73. The summed E-state index contributed by atoms with van der Waals surface area (Å²) < 4.78 is 11.6. The number of hydrogen-bond donors (Lipinski definition) is 3. The number of piperidine rings is 1. The Morgan fingerprint density at radius 1 is 0.945 bits per heavy atom. The Kier molecular flexibility index (Phi) is 14.5. The second-order valence-corrected chi connectivity index (χ2v) is 15.8. The smallest absolute Gasteiger partial charge is 0.408 e. The van der Waals surface area contributed by atoms with Gasteiger partial charge in [-0.15, -0.1) is 0 Å². The van der Waals surface area contributed by atoms with E-state index in [1.54, 1.807) is 25.7 Å². The fraction of sp³-hybridized carbons (Fsp3) is 0.477. The van der Waals surface area contributed by atoms with Crippen molar-refractivity contribution in [3.8, 4) is 5.75 Å². The Hall–Kier alpha value is -5.19. The van der Waals surface area contributed by atoms with E-state index in [-0.39, 0.29) is 43.5 Å². The topological polar surface area (TPSA) is 143 Å². The lowest BCUT2D eigenvalue weighted by Gasteiger charge is -2.34. The second-order valence-electron chi connectivity index (χ2n) is 15.8. The van der Waals surface area contributed by atoms with Crippen LogP contribution in [0.3, 0.4) is 0 Å². The van der Waals surface area contributed by atoms with Gasteiger partial charge in [-0.25, -0.2) is 4.79 Å². The highest BCUT2D eigenvalue weighted by Gasteiger charge is 2.35. The van der Waals surface area contributed by atoms with E-state index >= 15 is 0 Å². The van der Waals surface area contributed by atoms with Crippen molar-refractivity contribution in [1.29, 1.82) is 0 Å². The van der Waals surface area contributed by atoms with Crippen molar-refractivity contribution < 1.29 is 33.4 Å². The molecule has 3 N–H and O–H groups in total. The molecule has 11 nitrogen and oxygen atoms in total. The molecular formula is C44H56N4O7. The number of ether oxygens (including phenoxy) is 2. The van der Waals surface area contributed by atoms with Gasteiger partial charge >= 0.3 is 6.09 Å². The zero-order valence-corrected chi connectivity index (χ0v) is 32.6. The van der Waals surface area contributed by atoms with E-state index in [4.69, 9.17) is 9.47 Å². The first-order chi connectivity index (χ1) is 26.3. The normalized spacial score (nSPS) is 20.5. The molecule has 5 rings (SSSR count). The fourth-order valence-corrected chi connectivity index (χ4v) is 7.15. The van der Waals surface area contributed by atoms with Crippen molar-refractivity contribution in [1.82, 2.24) is 20.9 Å². The second kappa shape index (κ2) is 19.4. The number of hydrogen-bond acceptors (Lipinski definition) is 7. The Morgan fingerprint density at radius 3 is 2.36 bits per heavy atom. The van der Waals surface area contributed by atoms with Crippen LogP contribution in [0.25, 0.3) is 0 Å². The van der Waals surface area contributed by atoms with Crippen LogP contribution in [0.15, 0.2) is 78.9 Å². The molecule has 4 amide bonds. The standard InChI is InChI=1S/C44H56N4O7/c1-30-17-19-36-25-35(30)28-45-42(52)37(20-18-31-12-7-5-8-13-31)46-41(51)34(27-40(50)48-22-11-16-33(29-48)21-23-54-36)26-39(49)38(24-32-14-9-6-10-15-32)47-43(53)55-44(2,3)4/h5-10,12-15,17,19,25,33-34,37-38H,11,16,18,20-24,26-29H2,1-4H3,(H,45,52)(H,46,51)(H,47,53)/t33?,34-,37-,38-/m0/s1. The monoisotopic (exact) mass is 752 g/mol. The number of fused-ring (bicyclic) bond motifs is 4. The number of nitrogens with zero attached hydrogens (tertiary/aromatic N) is 1. The molecular weight excluding hydrogens is 697 g/mol. The molecule has 0 aromatic heterocycles. The van der Waals surface area contributed by atoms with Crippen molar-refractivity contribution in [2.24, 2.45) is 11.8 Å². The number of nitrogens with one attached hydrogen (secondary N) is 3. The summed E-state index contributed by atoms with van der Waals surface area (Å²) in [6.07, 6.45) is 2.21. The zero-order chi connectivity index (χ0) is 39.4. The van der Waals surface area contributed by atoms with Gasteiger partial charge in [0.2, 0.25) is 17.7 Å². The van der Waals surface area contributed by atoms with Crippen LogP contribution in [0.5, 0.6) is 5.75 Å². The third-order valence-corrected chi connectivity index (χ3v) is 10.2. The predicted octanol–water partition coefficient (Wildman–Crippen LogP) is 5.85. The van der Waals surface area contributed by atoms with Crippen LogP contribution >= 0.6 is 0 Å². The van der Waals surface area contributed by atoms with Crippen LogP contribution < -0.4 is 20.7 Å². The minimum atomic E-state index is -1.09. The van der Waals surface area contributed by atoms with E-state index in [0.29, 0.717) is 38.3 Å². The molecule has 2 aliphatic rings. The Balaban J connectivity index is 1.44. The van der Waals surface area contributed by atoms with E-state index in [1.807, 2.05) is 85.8 Å². The maximum atomic E-state index is 14.4. The average molecular weight is 753 g/mol. The number of carbonyl (C=O) groups is 5. The van der Waals surface area contributed by atoms with Gasteiger partial charge in [-0.1, -0.05) is 66.7 Å². The number of ketones is 1. The molecule has 1 saturated heterocycles. The number of carbonyl (C=O) groups excluding carboxylic acids is 5. The molecule has 55 heavy (non-hydrogen) atoms. The first-order valence-corrected chi connectivity index (χ1v) is 19.5. The van der Waals surface area contributed by atoms with Crippen molar-refractivity contribution in [3.63, 3.8) is 0 Å². The Bertz CT molecular complexity index is 1780. The third kappa shape index (κ3) is 13.0. The van der Waals surface area contributed by atoms with Gasteiger partial charge in [0.15, 0.2) is 5.78 Å². The summed E-state index contributed by atoms with van der Waals surface area (Å²) in [6, 6.07) is 22.8. The molecule has 0 saturated carbocycles. The van der Waals surface area contributed by atoms with E-state index in [2.05, 4.69) is 16.0 Å². The first-order valence-electron chi connectivity index (χ1n) is 19.5. The molecule has 2 heterocycles. The highest BCUT2D eigenvalue weighted by molar-refractivity contribution is 5.95. The van der Waals surface area contributed by atoms with Crippen molar-refractivity contribution in [2.45, 2.75) is 103 Å². The van der Waals surface area contributed by atoms with Gasteiger partial charge in [0.05, 0.1) is 18.6 Å². The van der Waals surface area contributed by atoms with Crippen LogP contribution in [0.1, 0.15) is 81.5 Å². The number of alkyl carbamates (subject to hydrolysis) is 1. The number of aryl methyl sites for hydroxylation is 2. The van der Waals surface area contributed by atoms with Gasteiger partial charge in [-0.3, -0.25) is 19.2 Å².